The Morgan fingerprint density at radius 1 is 1.36 bits per heavy atom. The molecule has 0 spiro atoms. The third-order valence-corrected chi connectivity index (χ3v) is 2.70. The Morgan fingerprint density at radius 2 is 1.79 bits per heavy atom. The number of quaternary nitrogens is 1. The topological polar surface area (TPSA) is 23.5 Å². The number of hydrogen-bond acceptors (Lipinski definition) is 2. The van der Waals surface area contributed by atoms with Crippen molar-refractivity contribution in [3.8, 4) is 0 Å². The van der Waals surface area contributed by atoms with Gasteiger partial charge in [0.1, 0.15) is 6.54 Å². The molecule has 0 aromatic heterocycles. The van der Waals surface area contributed by atoms with E-state index >= 15 is 0 Å². The molecule has 0 fully saturated rings. The van der Waals surface area contributed by atoms with Gasteiger partial charge in [0.15, 0.2) is 6.17 Å². The lowest BCUT2D eigenvalue weighted by molar-refractivity contribution is -1.11. The fourth-order valence-corrected chi connectivity index (χ4v) is 1.33. The van der Waals surface area contributed by atoms with E-state index in [1.54, 1.807) is 0 Å². The predicted molar refractivity (Wildman–Crippen MR) is 59.9 cm³/mol. The molecule has 0 bridgehead atoms. The van der Waals surface area contributed by atoms with Crippen molar-refractivity contribution in [2.45, 2.75) is 20.0 Å². The molecule has 14 heavy (non-hydrogen) atoms. The smallest absolute Gasteiger partial charge is 0.172 e. The minimum atomic E-state index is 0.00167. The lowest BCUT2D eigenvalue weighted by Gasteiger charge is -2.37. The van der Waals surface area contributed by atoms with Crippen LogP contribution >= 0.6 is 0 Å². The van der Waals surface area contributed by atoms with Gasteiger partial charge in [-0.25, -0.2) is 10.1 Å². The van der Waals surface area contributed by atoms with Gasteiger partial charge in [0.25, 0.3) is 0 Å². The molecule has 0 heterocycles. The van der Waals surface area contributed by atoms with Crippen LogP contribution in [-0.2, 0) is 0 Å². The van der Waals surface area contributed by atoms with Crippen molar-refractivity contribution in [1.29, 1.82) is 0 Å². The number of hydroxylamine groups is 3. The Morgan fingerprint density at radius 3 is 2.07 bits per heavy atom. The fraction of sp³-hybridized carbons (Fsp3) is 0.636. The van der Waals surface area contributed by atoms with Gasteiger partial charge in [-0.2, -0.15) is 4.65 Å². The highest BCUT2D eigenvalue weighted by Crippen LogP contribution is 2.10. The summed E-state index contributed by atoms with van der Waals surface area (Å²) in [5, 5.41) is 10.0. The van der Waals surface area contributed by atoms with Crippen molar-refractivity contribution in [1.82, 2.24) is 4.90 Å². The summed E-state index contributed by atoms with van der Waals surface area (Å²) >= 11 is 0. The van der Waals surface area contributed by atoms with E-state index in [9.17, 15) is 5.21 Å². The Labute approximate surface area is 87.5 Å². The van der Waals surface area contributed by atoms with E-state index in [1.165, 1.54) is 0 Å². The third kappa shape index (κ3) is 3.62. The van der Waals surface area contributed by atoms with Gasteiger partial charge in [-0.3, -0.25) is 0 Å². The van der Waals surface area contributed by atoms with Gasteiger partial charge < -0.3 is 0 Å². The molecule has 0 aromatic carbocycles. The van der Waals surface area contributed by atoms with Crippen molar-refractivity contribution >= 4 is 0 Å². The average Bonchev–Trinajstić information content (AvgIpc) is 2.16. The van der Waals surface area contributed by atoms with Crippen molar-refractivity contribution in [3.63, 3.8) is 0 Å². The predicted octanol–water partition coefficient (Wildman–Crippen LogP) is 1.86. The molecule has 0 radical (unpaired) electrons. The van der Waals surface area contributed by atoms with E-state index in [2.05, 4.69) is 18.1 Å². The highest BCUT2D eigenvalue weighted by atomic mass is 16.5. The summed E-state index contributed by atoms with van der Waals surface area (Å²) < 4.78 is 0.00167. The van der Waals surface area contributed by atoms with Gasteiger partial charge in [-0.05, 0) is 6.92 Å². The zero-order chi connectivity index (χ0) is 11.2. The molecule has 1 N–H and O–H groups in total. The second kappa shape index (κ2) is 5.96. The lowest BCUT2D eigenvalue weighted by atomic mass is 10.3. The van der Waals surface area contributed by atoms with E-state index < -0.39 is 0 Å². The maximum Gasteiger partial charge on any atom is 0.172 e. The van der Waals surface area contributed by atoms with Crippen LogP contribution in [0.15, 0.2) is 25.3 Å². The Kier molecular flexibility index (Phi) is 5.69. The molecule has 3 nitrogen and oxygen atoms in total. The van der Waals surface area contributed by atoms with Crippen LogP contribution in [0.25, 0.3) is 0 Å². The number of rotatable bonds is 7. The zero-order valence-electron chi connectivity index (χ0n) is 9.61. The van der Waals surface area contributed by atoms with Gasteiger partial charge in [0.05, 0.1) is 7.05 Å². The van der Waals surface area contributed by atoms with Crippen LogP contribution in [-0.4, -0.2) is 47.6 Å². The minimum absolute atomic E-state index is 0.00167. The van der Waals surface area contributed by atoms with E-state index in [1.807, 2.05) is 33.0 Å². The molecule has 2 unspecified atom stereocenters. The molecule has 2 atom stereocenters. The van der Waals surface area contributed by atoms with Crippen molar-refractivity contribution in [2.24, 2.45) is 0 Å². The lowest BCUT2D eigenvalue weighted by Crippen LogP contribution is -2.56. The first kappa shape index (κ1) is 13.4. The van der Waals surface area contributed by atoms with Gasteiger partial charge in [0.2, 0.25) is 0 Å². The van der Waals surface area contributed by atoms with Crippen LogP contribution in [0.1, 0.15) is 13.8 Å². The summed E-state index contributed by atoms with van der Waals surface area (Å²) in [6.07, 6.45) is 3.74. The normalized spacial score (nSPS) is 17.5. The molecule has 0 aliphatic carbocycles. The van der Waals surface area contributed by atoms with Gasteiger partial charge in [0, 0.05) is 20.0 Å². The molecule has 3 heteroatoms. The van der Waals surface area contributed by atoms with Crippen molar-refractivity contribution in [3.05, 3.63) is 25.3 Å². The van der Waals surface area contributed by atoms with Crippen molar-refractivity contribution in [2.75, 3.05) is 26.7 Å². The maximum atomic E-state index is 10.0. The zero-order valence-corrected chi connectivity index (χ0v) is 9.61. The second-order valence-corrected chi connectivity index (χ2v) is 3.69. The van der Waals surface area contributed by atoms with Crippen LogP contribution in [0.3, 0.4) is 0 Å². The molecule has 82 valence electrons. The van der Waals surface area contributed by atoms with E-state index in [4.69, 9.17) is 0 Å². The molecule has 0 rings (SSSR count). The summed E-state index contributed by atoms with van der Waals surface area (Å²) in [5.41, 5.74) is 0. The summed E-state index contributed by atoms with van der Waals surface area (Å²) in [7, 11) is 1.81. The molecule has 0 aliphatic heterocycles. The van der Waals surface area contributed by atoms with Crippen LogP contribution in [0.2, 0.25) is 0 Å². The first-order valence-electron chi connectivity index (χ1n) is 5.03. The second-order valence-electron chi connectivity index (χ2n) is 3.69. The summed E-state index contributed by atoms with van der Waals surface area (Å²) in [6, 6.07) is 0. The van der Waals surface area contributed by atoms with E-state index in [0.29, 0.717) is 6.54 Å². The van der Waals surface area contributed by atoms with Gasteiger partial charge in [-0.15, -0.1) is 13.2 Å². The molecule has 0 aliphatic rings. The highest BCUT2D eigenvalue weighted by Gasteiger charge is 2.29. The van der Waals surface area contributed by atoms with Crippen LogP contribution < -0.4 is 0 Å². The average molecular weight is 199 g/mol. The molecule has 0 saturated heterocycles. The molecule has 0 aromatic rings. The van der Waals surface area contributed by atoms with Crippen LogP contribution in [0, 0.1) is 0 Å². The number of hydrogen-bond donors (Lipinski definition) is 1. The molecular weight excluding hydrogens is 176 g/mol. The maximum absolute atomic E-state index is 10.0. The third-order valence-electron chi connectivity index (χ3n) is 2.70. The fourth-order valence-electron chi connectivity index (χ4n) is 1.33. The van der Waals surface area contributed by atoms with Gasteiger partial charge >= 0.3 is 0 Å². The minimum Gasteiger partial charge on any atom is -0.245 e. The SMILES string of the molecule is C=CCN(CC=C)C(C)[N+](C)(O)CC. The number of nitrogens with zero attached hydrogens (tertiary/aromatic N) is 2. The summed E-state index contributed by atoms with van der Waals surface area (Å²) in [5.74, 6) is 0. The summed E-state index contributed by atoms with van der Waals surface area (Å²) in [6.45, 7) is 13.6. The standard InChI is InChI=1S/C11H23N2O/c1-6-9-12(10-7-2)11(4)13(5,14)8-3/h6-7,11,14H,1-2,8-10H2,3-5H3/q+1. The molecule has 0 saturated carbocycles. The Bertz CT molecular complexity index is 180. The first-order valence-corrected chi connectivity index (χ1v) is 5.03. The van der Waals surface area contributed by atoms with Crippen molar-refractivity contribution < 1.29 is 9.85 Å². The Hall–Kier alpha value is -0.640. The van der Waals surface area contributed by atoms with E-state index in [0.717, 1.165) is 13.1 Å². The van der Waals surface area contributed by atoms with Crippen LogP contribution in [0.4, 0.5) is 0 Å². The van der Waals surface area contributed by atoms with Gasteiger partial charge in [-0.1, -0.05) is 12.2 Å². The highest BCUT2D eigenvalue weighted by molar-refractivity contribution is 4.80. The van der Waals surface area contributed by atoms with E-state index in [-0.39, 0.29) is 10.8 Å². The quantitative estimate of drug-likeness (QED) is 0.293. The largest absolute Gasteiger partial charge is 0.245 e. The summed E-state index contributed by atoms with van der Waals surface area (Å²) in [4.78, 5) is 2.13. The first-order chi connectivity index (χ1) is 6.49. The molecule has 0 amide bonds. The Balaban J connectivity index is 4.47. The van der Waals surface area contributed by atoms with Crippen LogP contribution in [0.5, 0.6) is 0 Å². The monoisotopic (exact) mass is 199 g/mol. The molecular formula is C11H23N2O+.